The highest BCUT2D eigenvalue weighted by molar-refractivity contribution is 5.29. The molecule has 1 rings (SSSR count). The molecule has 0 fully saturated rings. The van der Waals surface area contributed by atoms with Crippen LogP contribution in [0.4, 0.5) is 0 Å². The van der Waals surface area contributed by atoms with Crippen LogP contribution in [0.2, 0.25) is 0 Å². The third-order valence-corrected chi connectivity index (χ3v) is 2.49. The van der Waals surface area contributed by atoms with E-state index in [9.17, 15) is 0 Å². The van der Waals surface area contributed by atoms with Crippen LogP contribution in [0, 0.1) is 12.8 Å². The van der Waals surface area contributed by atoms with Gasteiger partial charge in [0.1, 0.15) is 5.75 Å². The lowest BCUT2D eigenvalue weighted by atomic mass is 10.1. The molecule has 1 unspecified atom stereocenters. The van der Waals surface area contributed by atoms with E-state index < -0.39 is 0 Å². The van der Waals surface area contributed by atoms with Gasteiger partial charge in [0.05, 0.1) is 12.3 Å². The molecular formula is C12H20N2O. The number of hydrogen-bond acceptors (Lipinski definition) is 3. The second kappa shape index (κ2) is 5.71. The average Bonchev–Trinajstić information content (AvgIpc) is 2.26. The zero-order valence-corrected chi connectivity index (χ0v) is 9.79. The molecule has 0 spiro atoms. The molecule has 1 aromatic rings. The molecule has 0 amide bonds. The van der Waals surface area contributed by atoms with Gasteiger partial charge in [-0.3, -0.25) is 4.98 Å². The first-order chi connectivity index (χ1) is 7.17. The van der Waals surface area contributed by atoms with Crippen molar-refractivity contribution in [1.82, 2.24) is 4.98 Å². The summed E-state index contributed by atoms with van der Waals surface area (Å²) in [7, 11) is 0. The van der Waals surface area contributed by atoms with Gasteiger partial charge in [-0.15, -0.1) is 0 Å². The molecule has 0 aliphatic carbocycles. The van der Waals surface area contributed by atoms with Crippen molar-refractivity contribution >= 4 is 0 Å². The number of rotatable bonds is 5. The van der Waals surface area contributed by atoms with Gasteiger partial charge in [0, 0.05) is 12.2 Å². The molecule has 0 aromatic carbocycles. The molecule has 1 atom stereocenters. The summed E-state index contributed by atoms with van der Waals surface area (Å²) in [6.07, 6.45) is 1.12. The van der Waals surface area contributed by atoms with Crippen LogP contribution in [-0.2, 0) is 6.54 Å². The van der Waals surface area contributed by atoms with Crippen LogP contribution in [0.1, 0.15) is 31.7 Å². The van der Waals surface area contributed by atoms with E-state index in [0.717, 1.165) is 30.2 Å². The molecule has 3 nitrogen and oxygen atoms in total. The smallest absolute Gasteiger partial charge is 0.142 e. The molecule has 0 aliphatic rings. The Morgan fingerprint density at radius 1 is 1.47 bits per heavy atom. The highest BCUT2D eigenvalue weighted by atomic mass is 16.5. The van der Waals surface area contributed by atoms with Gasteiger partial charge in [-0.2, -0.15) is 0 Å². The first-order valence-electron chi connectivity index (χ1n) is 5.46. The van der Waals surface area contributed by atoms with E-state index >= 15 is 0 Å². The molecule has 3 heteroatoms. The van der Waals surface area contributed by atoms with E-state index in [1.165, 1.54) is 0 Å². The summed E-state index contributed by atoms with van der Waals surface area (Å²) in [4.78, 5) is 4.35. The minimum absolute atomic E-state index is 0.428. The second-order valence-electron chi connectivity index (χ2n) is 3.93. The molecule has 1 heterocycles. The van der Waals surface area contributed by atoms with E-state index in [-0.39, 0.29) is 0 Å². The van der Waals surface area contributed by atoms with Crippen LogP contribution >= 0.6 is 0 Å². The Morgan fingerprint density at radius 3 is 2.80 bits per heavy atom. The molecular weight excluding hydrogens is 188 g/mol. The number of nitrogens with zero attached hydrogens (tertiary/aromatic N) is 1. The highest BCUT2D eigenvalue weighted by Crippen LogP contribution is 2.17. The lowest BCUT2D eigenvalue weighted by Crippen LogP contribution is -2.11. The number of hydrogen-bond donors (Lipinski definition) is 1. The Labute approximate surface area is 91.7 Å². The maximum Gasteiger partial charge on any atom is 0.142 e. The van der Waals surface area contributed by atoms with Crippen molar-refractivity contribution in [3.05, 3.63) is 23.5 Å². The molecule has 0 saturated heterocycles. The fraction of sp³-hybridized carbons (Fsp3) is 0.583. The van der Waals surface area contributed by atoms with Gasteiger partial charge in [-0.25, -0.2) is 0 Å². The second-order valence-corrected chi connectivity index (χ2v) is 3.93. The van der Waals surface area contributed by atoms with Crippen molar-refractivity contribution in [2.75, 3.05) is 6.61 Å². The van der Waals surface area contributed by atoms with Crippen LogP contribution in [0.15, 0.2) is 12.1 Å². The number of pyridine rings is 1. The average molecular weight is 208 g/mol. The predicted octanol–water partition coefficient (Wildman–Crippen LogP) is 2.27. The van der Waals surface area contributed by atoms with Crippen LogP contribution < -0.4 is 10.5 Å². The van der Waals surface area contributed by atoms with Crippen molar-refractivity contribution in [2.45, 2.75) is 33.7 Å². The third-order valence-electron chi connectivity index (χ3n) is 2.49. The van der Waals surface area contributed by atoms with Gasteiger partial charge in [-0.1, -0.05) is 20.3 Å². The SMILES string of the molecule is CCC(C)COc1ccc(C)nc1CN. The lowest BCUT2D eigenvalue weighted by Gasteiger charge is -2.13. The Hall–Kier alpha value is -1.09. The predicted molar refractivity (Wildman–Crippen MR) is 61.8 cm³/mol. The Kier molecular flexibility index (Phi) is 4.56. The lowest BCUT2D eigenvalue weighted by molar-refractivity contribution is 0.253. The number of nitrogens with two attached hydrogens (primary N) is 1. The van der Waals surface area contributed by atoms with Crippen molar-refractivity contribution in [2.24, 2.45) is 11.7 Å². The van der Waals surface area contributed by atoms with Gasteiger partial charge >= 0.3 is 0 Å². The number of ether oxygens (including phenoxy) is 1. The highest BCUT2D eigenvalue weighted by Gasteiger charge is 2.06. The zero-order chi connectivity index (χ0) is 11.3. The van der Waals surface area contributed by atoms with Crippen LogP contribution in [-0.4, -0.2) is 11.6 Å². The van der Waals surface area contributed by atoms with Crippen molar-refractivity contribution in [3.8, 4) is 5.75 Å². The minimum Gasteiger partial charge on any atom is -0.491 e. The van der Waals surface area contributed by atoms with Crippen molar-refractivity contribution in [1.29, 1.82) is 0 Å². The number of aryl methyl sites for hydroxylation is 1. The molecule has 0 aliphatic heterocycles. The van der Waals surface area contributed by atoms with E-state index in [4.69, 9.17) is 10.5 Å². The third kappa shape index (κ3) is 3.51. The van der Waals surface area contributed by atoms with Gasteiger partial charge in [-0.05, 0) is 25.0 Å². The molecule has 0 radical (unpaired) electrons. The standard InChI is InChI=1S/C12H20N2O/c1-4-9(2)8-15-12-6-5-10(3)14-11(12)7-13/h5-6,9H,4,7-8,13H2,1-3H3. The van der Waals surface area contributed by atoms with Gasteiger partial charge in [0.25, 0.3) is 0 Å². The molecule has 84 valence electrons. The molecule has 2 N–H and O–H groups in total. The van der Waals surface area contributed by atoms with Crippen molar-refractivity contribution < 1.29 is 4.74 Å². The summed E-state index contributed by atoms with van der Waals surface area (Å²) < 4.78 is 5.69. The maximum atomic E-state index is 5.69. The molecule has 15 heavy (non-hydrogen) atoms. The van der Waals surface area contributed by atoms with E-state index in [2.05, 4.69) is 18.8 Å². The largest absolute Gasteiger partial charge is 0.491 e. The normalized spacial score (nSPS) is 12.5. The summed E-state index contributed by atoms with van der Waals surface area (Å²) in [6, 6.07) is 3.90. The fourth-order valence-corrected chi connectivity index (χ4v) is 1.23. The minimum atomic E-state index is 0.428. The Bertz CT molecular complexity index is 312. The summed E-state index contributed by atoms with van der Waals surface area (Å²) in [5, 5.41) is 0. The van der Waals surface area contributed by atoms with Gasteiger partial charge in [0.2, 0.25) is 0 Å². The summed E-state index contributed by atoms with van der Waals surface area (Å²) in [5.41, 5.74) is 7.44. The first-order valence-corrected chi connectivity index (χ1v) is 5.46. The number of aromatic nitrogens is 1. The molecule has 1 aromatic heterocycles. The van der Waals surface area contributed by atoms with Gasteiger partial charge < -0.3 is 10.5 Å². The summed E-state index contributed by atoms with van der Waals surface area (Å²) >= 11 is 0. The Balaban J connectivity index is 2.67. The summed E-state index contributed by atoms with van der Waals surface area (Å²) in [6.45, 7) is 7.44. The molecule has 0 saturated carbocycles. The van der Waals surface area contributed by atoms with Crippen LogP contribution in [0.25, 0.3) is 0 Å². The van der Waals surface area contributed by atoms with E-state index in [0.29, 0.717) is 12.5 Å². The fourth-order valence-electron chi connectivity index (χ4n) is 1.23. The van der Waals surface area contributed by atoms with E-state index in [1.54, 1.807) is 0 Å². The zero-order valence-electron chi connectivity index (χ0n) is 9.79. The van der Waals surface area contributed by atoms with E-state index in [1.807, 2.05) is 19.1 Å². The monoisotopic (exact) mass is 208 g/mol. The molecule has 0 bridgehead atoms. The quantitative estimate of drug-likeness (QED) is 0.807. The Morgan fingerprint density at radius 2 is 2.20 bits per heavy atom. The van der Waals surface area contributed by atoms with Gasteiger partial charge in [0.15, 0.2) is 0 Å². The first kappa shape index (κ1) is 12.0. The maximum absolute atomic E-state index is 5.69. The van der Waals surface area contributed by atoms with Crippen LogP contribution in [0.5, 0.6) is 5.75 Å². The topological polar surface area (TPSA) is 48.1 Å². The summed E-state index contributed by atoms with van der Waals surface area (Å²) in [5.74, 6) is 1.39. The van der Waals surface area contributed by atoms with Crippen molar-refractivity contribution in [3.63, 3.8) is 0 Å². The van der Waals surface area contributed by atoms with Crippen LogP contribution in [0.3, 0.4) is 0 Å².